The monoisotopic (exact) mass is 425 g/mol. The SMILES string of the molecule is CC(=O)O[C@@H]1c2c(O)c3c(c(O)c2C(O)CC1(N)C(C)=O)C(=O)c1ccccc1C3=O. The summed E-state index contributed by atoms with van der Waals surface area (Å²) in [5.41, 5.74) is 2.66. The lowest BCUT2D eigenvalue weighted by Crippen LogP contribution is -2.56. The fraction of sp³-hybridized carbons (Fsp3) is 0.273. The van der Waals surface area contributed by atoms with Gasteiger partial charge < -0.3 is 25.8 Å². The van der Waals surface area contributed by atoms with Crippen LogP contribution in [0.1, 0.15) is 75.4 Å². The first-order chi connectivity index (χ1) is 14.5. The molecule has 9 heteroatoms. The molecule has 0 aliphatic heterocycles. The van der Waals surface area contributed by atoms with Gasteiger partial charge in [0.25, 0.3) is 0 Å². The Morgan fingerprint density at radius 1 is 1.00 bits per heavy atom. The van der Waals surface area contributed by atoms with Gasteiger partial charge in [0.1, 0.15) is 17.0 Å². The molecule has 0 spiro atoms. The molecule has 2 aliphatic carbocycles. The molecule has 0 aromatic heterocycles. The van der Waals surface area contributed by atoms with Crippen LogP contribution in [0, 0.1) is 0 Å². The molecule has 2 aromatic rings. The number of hydrogen-bond acceptors (Lipinski definition) is 9. The lowest BCUT2D eigenvalue weighted by molar-refractivity contribution is -0.155. The summed E-state index contributed by atoms with van der Waals surface area (Å²) in [7, 11) is 0. The minimum Gasteiger partial charge on any atom is -0.507 e. The predicted octanol–water partition coefficient (Wildman–Crippen LogP) is 1.20. The fourth-order valence-corrected chi connectivity index (χ4v) is 4.40. The lowest BCUT2D eigenvalue weighted by atomic mass is 9.69. The molecule has 0 saturated heterocycles. The highest BCUT2D eigenvalue weighted by Crippen LogP contribution is 2.54. The van der Waals surface area contributed by atoms with Gasteiger partial charge in [-0.1, -0.05) is 24.3 Å². The van der Waals surface area contributed by atoms with Crippen LogP contribution >= 0.6 is 0 Å². The largest absolute Gasteiger partial charge is 0.507 e. The van der Waals surface area contributed by atoms with Crippen molar-refractivity contribution in [2.45, 2.75) is 38.0 Å². The number of ether oxygens (including phenoxy) is 1. The van der Waals surface area contributed by atoms with Crippen molar-refractivity contribution in [2.24, 2.45) is 5.73 Å². The molecule has 5 N–H and O–H groups in total. The number of ketones is 3. The zero-order valence-electron chi connectivity index (χ0n) is 16.6. The highest BCUT2D eigenvalue weighted by Gasteiger charge is 2.53. The molecule has 2 unspecified atom stereocenters. The summed E-state index contributed by atoms with van der Waals surface area (Å²) in [6.45, 7) is 2.19. The molecule has 0 radical (unpaired) electrons. The first kappa shape index (κ1) is 20.7. The molecule has 9 nitrogen and oxygen atoms in total. The van der Waals surface area contributed by atoms with Crippen LogP contribution in [0.25, 0.3) is 0 Å². The number of phenols is 2. The van der Waals surface area contributed by atoms with Crippen LogP contribution in [-0.2, 0) is 14.3 Å². The summed E-state index contributed by atoms with van der Waals surface area (Å²) in [5.74, 6) is -4.45. The molecule has 2 aliphatic rings. The van der Waals surface area contributed by atoms with Crippen LogP contribution in [0.2, 0.25) is 0 Å². The van der Waals surface area contributed by atoms with Gasteiger partial charge in [-0.15, -0.1) is 0 Å². The summed E-state index contributed by atoms with van der Waals surface area (Å²) >= 11 is 0. The Bertz CT molecular complexity index is 1200. The van der Waals surface area contributed by atoms with E-state index >= 15 is 0 Å². The third kappa shape index (κ3) is 2.70. The van der Waals surface area contributed by atoms with Gasteiger partial charge in [0.2, 0.25) is 0 Å². The molecule has 0 fully saturated rings. The quantitative estimate of drug-likeness (QED) is 0.349. The molecule has 3 atom stereocenters. The van der Waals surface area contributed by atoms with Crippen LogP contribution in [0.5, 0.6) is 11.5 Å². The van der Waals surface area contributed by atoms with E-state index in [0.717, 1.165) is 13.8 Å². The molecule has 0 amide bonds. The maximum absolute atomic E-state index is 13.1. The number of fused-ring (bicyclic) bond motifs is 3. The molecule has 160 valence electrons. The molecular weight excluding hydrogens is 406 g/mol. The Morgan fingerprint density at radius 3 is 1.94 bits per heavy atom. The van der Waals surface area contributed by atoms with E-state index in [4.69, 9.17) is 10.5 Å². The molecule has 0 bridgehead atoms. The van der Waals surface area contributed by atoms with E-state index in [1.165, 1.54) is 18.2 Å². The number of aliphatic hydroxyl groups excluding tert-OH is 1. The van der Waals surface area contributed by atoms with Gasteiger partial charge in [-0.2, -0.15) is 0 Å². The minimum absolute atomic E-state index is 0.0145. The third-order valence-electron chi connectivity index (χ3n) is 5.93. The van der Waals surface area contributed by atoms with Crippen molar-refractivity contribution in [1.82, 2.24) is 0 Å². The maximum atomic E-state index is 13.1. The van der Waals surface area contributed by atoms with E-state index in [1.807, 2.05) is 0 Å². The number of carbonyl (C=O) groups is 4. The number of nitrogens with two attached hydrogens (primary N) is 1. The van der Waals surface area contributed by atoms with Gasteiger partial charge in [-0.05, 0) is 6.92 Å². The van der Waals surface area contributed by atoms with E-state index < -0.39 is 70.1 Å². The van der Waals surface area contributed by atoms with Crippen molar-refractivity contribution in [2.75, 3.05) is 0 Å². The zero-order valence-corrected chi connectivity index (χ0v) is 16.6. The van der Waals surface area contributed by atoms with Gasteiger partial charge in [0, 0.05) is 35.6 Å². The Hall–Kier alpha value is -3.56. The fourth-order valence-electron chi connectivity index (χ4n) is 4.40. The number of aliphatic hydroxyl groups is 1. The standard InChI is InChI=1S/C22H19NO8/c1-8(24)22(23)7-12(26)13-16(21(22)31-9(2)25)20(30)15-14(19(13)29)17(27)10-5-3-4-6-11(10)18(15)28/h3-6,12,21,26,29-30H,7,23H2,1-2H3/t12?,21-,22?/m1/s1. The van der Waals surface area contributed by atoms with Crippen LogP contribution in [0.3, 0.4) is 0 Å². The number of hydrogen-bond donors (Lipinski definition) is 4. The third-order valence-corrected chi connectivity index (χ3v) is 5.93. The highest BCUT2D eigenvalue weighted by molar-refractivity contribution is 6.30. The normalized spacial score (nSPS) is 24.1. The Kier molecular flexibility index (Phi) is 4.49. The number of esters is 1. The second-order valence-electron chi connectivity index (χ2n) is 7.78. The number of carbonyl (C=O) groups excluding carboxylic acids is 4. The first-order valence-corrected chi connectivity index (χ1v) is 9.46. The van der Waals surface area contributed by atoms with Crippen molar-refractivity contribution in [3.63, 3.8) is 0 Å². The maximum Gasteiger partial charge on any atom is 0.303 e. The van der Waals surface area contributed by atoms with Gasteiger partial charge in [0.15, 0.2) is 23.5 Å². The van der Waals surface area contributed by atoms with Crippen molar-refractivity contribution in [3.05, 3.63) is 57.6 Å². The molecule has 31 heavy (non-hydrogen) atoms. The van der Waals surface area contributed by atoms with Crippen LogP contribution in [0.4, 0.5) is 0 Å². The molecule has 0 heterocycles. The summed E-state index contributed by atoms with van der Waals surface area (Å²) in [6, 6.07) is 5.89. The van der Waals surface area contributed by atoms with Crippen molar-refractivity contribution >= 4 is 23.3 Å². The van der Waals surface area contributed by atoms with Gasteiger partial charge in [-0.25, -0.2) is 0 Å². The Labute approximate surface area is 176 Å². The smallest absolute Gasteiger partial charge is 0.303 e. The Morgan fingerprint density at radius 2 is 1.48 bits per heavy atom. The molecule has 4 rings (SSSR count). The molecule has 2 aromatic carbocycles. The Balaban J connectivity index is 2.09. The van der Waals surface area contributed by atoms with E-state index in [9.17, 15) is 34.5 Å². The van der Waals surface area contributed by atoms with Gasteiger partial charge in [0.05, 0.1) is 17.2 Å². The van der Waals surface area contributed by atoms with Crippen molar-refractivity contribution < 1.29 is 39.2 Å². The summed E-state index contributed by atoms with van der Waals surface area (Å²) in [4.78, 5) is 50.3. The first-order valence-electron chi connectivity index (χ1n) is 9.46. The topological polar surface area (TPSA) is 164 Å². The zero-order chi connectivity index (χ0) is 22.8. The summed E-state index contributed by atoms with van der Waals surface area (Å²) in [6.07, 6.45) is -3.62. The van der Waals surface area contributed by atoms with E-state index in [1.54, 1.807) is 6.07 Å². The molecule has 0 saturated carbocycles. The average molecular weight is 425 g/mol. The number of benzene rings is 2. The van der Waals surface area contributed by atoms with Crippen molar-refractivity contribution in [3.8, 4) is 11.5 Å². The predicted molar refractivity (Wildman–Crippen MR) is 105 cm³/mol. The van der Waals surface area contributed by atoms with E-state index in [0.29, 0.717) is 0 Å². The van der Waals surface area contributed by atoms with Crippen LogP contribution < -0.4 is 5.73 Å². The van der Waals surface area contributed by atoms with Gasteiger partial charge >= 0.3 is 5.97 Å². The lowest BCUT2D eigenvalue weighted by Gasteiger charge is -2.42. The average Bonchev–Trinajstić information content (AvgIpc) is 2.70. The van der Waals surface area contributed by atoms with Gasteiger partial charge in [-0.3, -0.25) is 19.2 Å². The second kappa shape index (κ2) is 6.73. The number of phenolic OH excluding ortho intramolecular Hbond substituents is 2. The van der Waals surface area contributed by atoms with Crippen LogP contribution in [0.15, 0.2) is 24.3 Å². The summed E-state index contributed by atoms with van der Waals surface area (Å²) < 4.78 is 5.24. The summed E-state index contributed by atoms with van der Waals surface area (Å²) in [5, 5.41) is 32.7. The van der Waals surface area contributed by atoms with E-state index in [-0.39, 0.29) is 22.3 Å². The number of Topliss-reactive ketones (excluding diaryl/α,β-unsaturated/α-hetero) is 1. The van der Waals surface area contributed by atoms with Crippen molar-refractivity contribution in [1.29, 1.82) is 0 Å². The minimum atomic E-state index is -1.93. The number of aromatic hydroxyl groups is 2. The van der Waals surface area contributed by atoms with E-state index in [2.05, 4.69) is 0 Å². The second-order valence-corrected chi connectivity index (χ2v) is 7.78. The van der Waals surface area contributed by atoms with Crippen LogP contribution in [-0.4, -0.2) is 44.2 Å². The number of rotatable bonds is 2. The molecular formula is C22H19NO8. The highest BCUT2D eigenvalue weighted by atomic mass is 16.5.